The summed E-state index contributed by atoms with van der Waals surface area (Å²) in [6.45, 7) is 5.11. The number of morpholine rings is 1. The quantitative estimate of drug-likeness (QED) is 0.706. The standard InChI is InChI=1S/C10H18N2O3/c13-10(12-3-5-14-6-4-12)15-8-9-1-2-11-7-9/h9,11H,1-8H2. The van der Waals surface area contributed by atoms with Crippen molar-refractivity contribution in [3.8, 4) is 0 Å². The van der Waals surface area contributed by atoms with Crippen molar-refractivity contribution >= 4 is 6.09 Å². The number of nitrogens with one attached hydrogen (secondary N) is 1. The first kappa shape index (κ1) is 10.7. The van der Waals surface area contributed by atoms with Crippen molar-refractivity contribution in [2.45, 2.75) is 6.42 Å². The van der Waals surface area contributed by atoms with Crippen LogP contribution in [0.1, 0.15) is 6.42 Å². The van der Waals surface area contributed by atoms with Gasteiger partial charge in [0.25, 0.3) is 0 Å². The summed E-state index contributed by atoms with van der Waals surface area (Å²) in [5, 5.41) is 3.25. The van der Waals surface area contributed by atoms with Crippen LogP contribution in [0.2, 0.25) is 0 Å². The molecule has 2 aliphatic heterocycles. The molecule has 1 unspecified atom stereocenters. The molecule has 5 nitrogen and oxygen atoms in total. The fourth-order valence-corrected chi connectivity index (χ4v) is 1.88. The van der Waals surface area contributed by atoms with Crippen molar-refractivity contribution in [1.29, 1.82) is 0 Å². The lowest BCUT2D eigenvalue weighted by molar-refractivity contribution is 0.0236. The number of rotatable bonds is 2. The second-order valence-corrected chi connectivity index (χ2v) is 4.04. The van der Waals surface area contributed by atoms with Gasteiger partial charge in [-0.2, -0.15) is 0 Å². The van der Waals surface area contributed by atoms with E-state index in [0.717, 1.165) is 19.5 Å². The van der Waals surface area contributed by atoms with Gasteiger partial charge in [0.15, 0.2) is 0 Å². The largest absolute Gasteiger partial charge is 0.449 e. The molecule has 5 heteroatoms. The van der Waals surface area contributed by atoms with E-state index in [0.29, 0.717) is 38.8 Å². The van der Waals surface area contributed by atoms with Gasteiger partial charge in [-0.3, -0.25) is 0 Å². The van der Waals surface area contributed by atoms with Gasteiger partial charge in [0, 0.05) is 25.6 Å². The number of hydrogen-bond acceptors (Lipinski definition) is 4. The van der Waals surface area contributed by atoms with Crippen molar-refractivity contribution in [3.05, 3.63) is 0 Å². The average molecular weight is 214 g/mol. The molecule has 0 aromatic heterocycles. The average Bonchev–Trinajstić information content (AvgIpc) is 2.80. The third-order valence-corrected chi connectivity index (χ3v) is 2.87. The maximum atomic E-state index is 11.6. The molecule has 2 heterocycles. The topological polar surface area (TPSA) is 50.8 Å². The second-order valence-electron chi connectivity index (χ2n) is 4.04. The highest BCUT2D eigenvalue weighted by molar-refractivity contribution is 5.67. The Balaban J connectivity index is 1.66. The van der Waals surface area contributed by atoms with Crippen LogP contribution in [0.4, 0.5) is 4.79 Å². The Morgan fingerprint density at radius 3 is 2.93 bits per heavy atom. The first-order valence-corrected chi connectivity index (χ1v) is 5.56. The lowest BCUT2D eigenvalue weighted by Crippen LogP contribution is -2.41. The van der Waals surface area contributed by atoms with Crippen LogP contribution in [0.15, 0.2) is 0 Å². The molecular formula is C10H18N2O3. The second kappa shape index (κ2) is 5.32. The summed E-state index contributed by atoms with van der Waals surface area (Å²) in [6.07, 6.45) is 0.918. The molecule has 1 atom stereocenters. The molecule has 15 heavy (non-hydrogen) atoms. The van der Waals surface area contributed by atoms with Gasteiger partial charge in [-0.05, 0) is 13.0 Å². The summed E-state index contributed by atoms with van der Waals surface area (Å²) >= 11 is 0. The molecule has 0 aromatic carbocycles. The number of nitrogens with zero attached hydrogens (tertiary/aromatic N) is 1. The Morgan fingerprint density at radius 1 is 1.47 bits per heavy atom. The summed E-state index contributed by atoms with van der Waals surface area (Å²) in [6, 6.07) is 0. The minimum absolute atomic E-state index is 0.190. The highest BCUT2D eigenvalue weighted by atomic mass is 16.6. The van der Waals surface area contributed by atoms with E-state index in [-0.39, 0.29) is 6.09 Å². The van der Waals surface area contributed by atoms with Crippen molar-refractivity contribution in [1.82, 2.24) is 10.2 Å². The zero-order chi connectivity index (χ0) is 10.5. The Bertz CT molecular complexity index is 211. The lowest BCUT2D eigenvalue weighted by atomic mass is 10.1. The van der Waals surface area contributed by atoms with Gasteiger partial charge in [0.1, 0.15) is 0 Å². The minimum Gasteiger partial charge on any atom is -0.449 e. The molecule has 0 aromatic rings. The van der Waals surface area contributed by atoms with Crippen molar-refractivity contribution in [3.63, 3.8) is 0 Å². The number of carbonyl (C=O) groups is 1. The van der Waals surface area contributed by atoms with Crippen LogP contribution in [-0.4, -0.2) is 57.0 Å². The Kier molecular flexibility index (Phi) is 3.80. The Hall–Kier alpha value is -0.810. The molecule has 0 radical (unpaired) electrons. The van der Waals surface area contributed by atoms with Gasteiger partial charge in [0.05, 0.1) is 19.8 Å². The molecule has 2 rings (SSSR count). The first-order chi connectivity index (χ1) is 7.36. The smallest absolute Gasteiger partial charge is 0.409 e. The van der Waals surface area contributed by atoms with Crippen LogP contribution >= 0.6 is 0 Å². The molecular weight excluding hydrogens is 196 g/mol. The third-order valence-electron chi connectivity index (χ3n) is 2.87. The van der Waals surface area contributed by atoms with Crippen molar-refractivity contribution in [2.24, 2.45) is 5.92 Å². The van der Waals surface area contributed by atoms with E-state index in [9.17, 15) is 4.79 Å². The monoisotopic (exact) mass is 214 g/mol. The SMILES string of the molecule is O=C(OCC1CCNC1)N1CCOCC1. The number of carbonyl (C=O) groups excluding carboxylic acids is 1. The van der Waals surface area contributed by atoms with E-state index in [1.165, 1.54) is 0 Å². The predicted molar refractivity (Wildman–Crippen MR) is 54.7 cm³/mol. The van der Waals surface area contributed by atoms with Crippen LogP contribution < -0.4 is 5.32 Å². The summed E-state index contributed by atoms with van der Waals surface area (Å²) in [7, 11) is 0. The van der Waals surface area contributed by atoms with Crippen LogP contribution in [0.25, 0.3) is 0 Å². The highest BCUT2D eigenvalue weighted by Crippen LogP contribution is 2.09. The summed E-state index contributed by atoms with van der Waals surface area (Å²) in [5.74, 6) is 0.495. The maximum absolute atomic E-state index is 11.6. The van der Waals surface area contributed by atoms with E-state index >= 15 is 0 Å². The van der Waals surface area contributed by atoms with E-state index in [1.807, 2.05) is 0 Å². The van der Waals surface area contributed by atoms with Gasteiger partial charge >= 0.3 is 6.09 Å². The highest BCUT2D eigenvalue weighted by Gasteiger charge is 2.21. The van der Waals surface area contributed by atoms with E-state index in [4.69, 9.17) is 9.47 Å². The van der Waals surface area contributed by atoms with Crippen LogP contribution in [-0.2, 0) is 9.47 Å². The number of amides is 1. The van der Waals surface area contributed by atoms with Crippen LogP contribution in [0, 0.1) is 5.92 Å². The van der Waals surface area contributed by atoms with Gasteiger partial charge in [-0.15, -0.1) is 0 Å². The van der Waals surface area contributed by atoms with Crippen LogP contribution in [0.5, 0.6) is 0 Å². The summed E-state index contributed by atoms with van der Waals surface area (Å²) < 4.78 is 10.4. The molecule has 2 fully saturated rings. The van der Waals surface area contributed by atoms with Crippen molar-refractivity contribution < 1.29 is 14.3 Å². The van der Waals surface area contributed by atoms with E-state index < -0.39 is 0 Å². The zero-order valence-corrected chi connectivity index (χ0v) is 8.91. The molecule has 1 amide bonds. The predicted octanol–water partition coefficient (Wildman–Crippen LogP) is 0.0647. The third kappa shape index (κ3) is 3.07. The Labute approximate surface area is 89.7 Å². The summed E-state index contributed by atoms with van der Waals surface area (Å²) in [4.78, 5) is 13.3. The molecule has 2 aliphatic rings. The molecule has 2 saturated heterocycles. The van der Waals surface area contributed by atoms with Crippen molar-refractivity contribution in [2.75, 3.05) is 46.0 Å². The molecule has 86 valence electrons. The lowest BCUT2D eigenvalue weighted by Gasteiger charge is -2.26. The normalized spacial score (nSPS) is 26.7. The summed E-state index contributed by atoms with van der Waals surface area (Å²) in [5.41, 5.74) is 0. The van der Waals surface area contributed by atoms with Gasteiger partial charge in [0.2, 0.25) is 0 Å². The van der Waals surface area contributed by atoms with E-state index in [1.54, 1.807) is 4.90 Å². The molecule has 0 saturated carbocycles. The number of hydrogen-bond donors (Lipinski definition) is 1. The fraction of sp³-hybridized carbons (Fsp3) is 0.900. The number of ether oxygens (including phenoxy) is 2. The molecule has 0 spiro atoms. The molecule has 0 aliphatic carbocycles. The first-order valence-electron chi connectivity index (χ1n) is 5.56. The Morgan fingerprint density at radius 2 is 2.27 bits per heavy atom. The maximum Gasteiger partial charge on any atom is 0.409 e. The van der Waals surface area contributed by atoms with Gasteiger partial charge in [-0.25, -0.2) is 4.79 Å². The zero-order valence-electron chi connectivity index (χ0n) is 8.91. The minimum atomic E-state index is -0.190. The molecule has 1 N–H and O–H groups in total. The van der Waals surface area contributed by atoms with Gasteiger partial charge in [-0.1, -0.05) is 0 Å². The van der Waals surface area contributed by atoms with Crippen LogP contribution in [0.3, 0.4) is 0 Å². The van der Waals surface area contributed by atoms with E-state index in [2.05, 4.69) is 5.32 Å². The fourth-order valence-electron chi connectivity index (χ4n) is 1.88. The van der Waals surface area contributed by atoms with Gasteiger partial charge < -0.3 is 19.7 Å². The molecule has 0 bridgehead atoms.